The Kier molecular flexibility index (Phi) is 4.98. The standard InChI is InChI=1S/C15H23N3O2/c1-3-14-10-18(7-8-20-14)15(19)17-13-6-4-5-12(9-13)11(2)16/h4-6,9,11,14H,3,7-8,10,16H2,1-2H3,(H,17,19). The molecule has 1 fully saturated rings. The number of urea groups is 1. The Bertz CT molecular complexity index is 462. The highest BCUT2D eigenvalue weighted by Gasteiger charge is 2.23. The van der Waals surface area contributed by atoms with Crippen molar-refractivity contribution in [3.05, 3.63) is 29.8 Å². The van der Waals surface area contributed by atoms with Crippen LogP contribution in [0.15, 0.2) is 24.3 Å². The summed E-state index contributed by atoms with van der Waals surface area (Å²) in [6.45, 7) is 5.88. The van der Waals surface area contributed by atoms with E-state index in [1.165, 1.54) is 0 Å². The van der Waals surface area contributed by atoms with Gasteiger partial charge >= 0.3 is 6.03 Å². The number of hydrogen-bond acceptors (Lipinski definition) is 3. The van der Waals surface area contributed by atoms with Gasteiger partial charge in [0.2, 0.25) is 0 Å². The van der Waals surface area contributed by atoms with Crippen LogP contribution in [-0.2, 0) is 4.74 Å². The number of hydrogen-bond donors (Lipinski definition) is 2. The summed E-state index contributed by atoms with van der Waals surface area (Å²) in [4.78, 5) is 14.0. The van der Waals surface area contributed by atoms with Crippen molar-refractivity contribution in [2.45, 2.75) is 32.4 Å². The van der Waals surface area contributed by atoms with Crippen molar-refractivity contribution in [3.8, 4) is 0 Å². The van der Waals surface area contributed by atoms with Crippen LogP contribution in [0.3, 0.4) is 0 Å². The van der Waals surface area contributed by atoms with E-state index in [1.54, 1.807) is 4.90 Å². The first-order valence-corrected chi connectivity index (χ1v) is 7.13. The Morgan fingerprint density at radius 1 is 1.60 bits per heavy atom. The molecule has 110 valence electrons. The minimum absolute atomic E-state index is 0.0419. The molecule has 1 aromatic rings. The zero-order valence-corrected chi connectivity index (χ0v) is 12.1. The van der Waals surface area contributed by atoms with Crippen LogP contribution in [0, 0.1) is 0 Å². The van der Waals surface area contributed by atoms with Crippen LogP contribution in [0.4, 0.5) is 10.5 Å². The molecule has 0 saturated carbocycles. The molecule has 20 heavy (non-hydrogen) atoms. The number of ether oxygens (including phenoxy) is 1. The normalized spacial score (nSPS) is 20.6. The molecule has 1 aliphatic rings. The summed E-state index contributed by atoms with van der Waals surface area (Å²) in [7, 11) is 0. The number of morpholine rings is 1. The maximum atomic E-state index is 12.2. The molecule has 2 amide bonds. The number of carbonyl (C=O) groups excluding carboxylic acids is 1. The number of nitrogens with one attached hydrogen (secondary N) is 1. The van der Waals surface area contributed by atoms with E-state index in [1.807, 2.05) is 31.2 Å². The van der Waals surface area contributed by atoms with Gasteiger partial charge in [-0.15, -0.1) is 0 Å². The third-order valence-electron chi connectivity index (χ3n) is 3.55. The van der Waals surface area contributed by atoms with Gasteiger partial charge in [0.05, 0.1) is 12.7 Å². The van der Waals surface area contributed by atoms with Gasteiger partial charge in [-0.25, -0.2) is 4.79 Å². The fraction of sp³-hybridized carbons (Fsp3) is 0.533. The van der Waals surface area contributed by atoms with Crippen LogP contribution < -0.4 is 11.1 Å². The average Bonchev–Trinajstić information content (AvgIpc) is 2.47. The third-order valence-corrected chi connectivity index (χ3v) is 3.55. The second-order valence-electron chi connectivity index (χ2n) is 5.19. The van der Waals surface area contributed by atoms with Gasteiger partial charge in [-0.2, -0.15) is 0 Å². The lowest BCUT2D eigenvalue weighted by Crippen LogP contribution is -2.47. The number of rotatable bonds is 3. The molecule has 0 spiro atoms. The van der Waals surface area contributed by atoms with E-state index in [-0.39, 0.29) is 18.2 Å². The average molecular weight is 277 g/mol. The SMILES string of the molecule is CCC1CN(C(=O)Nc2cccc(C(C)N)c2)CCO1. The van der Waals surface area contributed by atoms with Crippen molar-refractivity contribution < 1.29 is 9.53 Å². The number of nitrogens with zero attached hydrogens (tertiary/aromatic N) is 1. The number of anilines is 1. The largest absolute Gasteiger partial charge is 0.375 e. The number of carbonyl (C=O) groups is 1. The minimum atomic E-state index is -0.0754. The predicted octanol–water partition coefficient (Wildman–Crippen LogP) is 2.35. The Labute approximate surface area is 120 Å². The Balaban J connectivity index is 1.98. The first-order chi connectivity index (χ1) is 9.60. The second-order valence-corrected chi connectivity index (χ2v) is 5.19. The lowest BCUT2D eigenvalue weighted by molar-refractivity contribution is -0.0134. The van der Waals surface area contributed by atoms with Crippen LogP contribution in [0.1, 0.15) is 31.9 Å². The topological polar surface area (TPSA) is 67.6 Å². The molecule has 1 heterocycles. The Morgan fingerprint density at radius 2 is 2.40 bits per heavy atom. The number of benzene rings is 1. The summed E-state index contributed by atoms with van der Waals surface area (Å²) in [5.41, 5.74) is 7.64. The third kappa shape index (κ3) is 3.71. The van der Waals surface area contributed by atoms with Crippen molar-refractivity contribution in [3.63, 3.8) is 0 Å². The van der Waals surface area contributed by atoms with E-state index in [9.17, 15) is 4.79 Å². The molecule has 3 N–H and O–H groups in total. The quantitative estimate of drug-likeness (QED) is 0.891. The van der Waals surface area contributed by atoms with E-state index in [2.05, 4.69) is 12.2 Å². The summed E-state index contributed by atoms with van der Waals surface area (Å²) in [6.07, 6.45) is 1.06. The maximum Gasteiger partial charge on any atom is 0.322 e. The molecule has 1 aliphatic heterocycles. The van der Waals surface area contributed by atoms with Gasteiger partial charge in [-0.1, -0.05) is 19.1 Å². The van der Waals surface area contributed by atoms with Crippen LogP contribution >= 0.6 is 0 Å². The van der Waals surface area contributed by atoms with Gasteiger partial charge in [0.15, 0.2) is 0 Å². The number of amides is 2. The van der Waals surface area contributed by atoms with Gasteiger partial charge in [0, 0.05) is 24.8 Å². The maximum absolute atomic E-state index is 12.2. The van der Waals surface area contributed by atoms with Gasteiger partial charge < -0.3 is 20.7 Å². The molecular weight excluding hydrogens is 254 g/mol. The molecule has 0 bridgehead atoms. The van der Waals surface area contributed by atoms with Crippen molar-refractivity contribution in [2.75, 3.05) is 25.0 Å². The fourth-order valence-electron chi connectivity index (χ4n) is 2.25. The molecule has 2 unspecified atom stereocenters. The lowest BCUT2D eigenvalue weighted by Gasteiger charge is -2.32. The Hall–Kier alpha value is -1.59. The molecule has 2 rings (SSSR count). The molecule has 1 saturated heterocycles. The van der Waals surface area contributed by atoms with Crippen molar-refractivity contribution in [2.24, 2.45) is 5.73 Å². The number of nitrogens with two attached hydrogens (primary N) is 1. The van der Waals surface area contributed by atoms with E-state index >= 15 is 0 Å². The fourth-order valence-corrected chi connectivity index (χ4v) is 2.25. The monoisotopic (exact) mass is 277 g/mol. The van der Waals surface area contributed by atoms with E-state index in [4.69, 9.17) is 10.5 Å². The van der Waals surface area contributed by atoms with Crippen LogP contribution in [0.25, 0.3) is 0 Å². The second kappa shape index (κ2) is 6.72. The molecule has 0 aromatic heterocycles. The highest BCUT2D eigenvalue weighted by atomic mass is 16.5. The van der Waals surface area contributed by atoms with E-state index in [0.717, 1.165) is 17.7 Å². The first-order valence-electron chi connectivity index (χ1n) is 7.13. The molecule has 1 aromatic carbocycles. The van der Waals surface area contributed by atoms with Crippen LogP contribution in [-0.4, -0.2) is 36.7 Å². The summed E-state index contributed by atoms with van der Waals surface area (Å²) in [5.74, 6) is 0. The predicted molar refractivity (Wildman–Crippen MR) is 79.7 cm³/mol. The minimum Gasteiger partial charge on any atom is -0.375 e. The highest BCUT2D eigenvalue weighted by molar-refractivity contribution is 5.89. The Morgan fingerprint density at radius 3 is 3.10 bits per heavy atom. The van der Waals surface area contributed by atoms with Crippen molar-refractivity contribution in [1.29, 1.82) is 0 Å². The summed E-state index contributed by atoms with van der Waals surface area (Å²) in [6, 6.07) is 7.54. The smallest absolute Gasteiger partial charge is 0.322 e. The van der Waals surface area contributed by atoms with Crippen molar-refractivity contribution in [1.82, 2.24) is 4.90 Å². The van der Waals surface area contributed by atoms with Gasteiger partial charge in [0.25, 0.3) is 0 Å². The van der Waals surface area contributed by atoms with Crippen LogP contribution in [0.5, 0.6) is 0 Å². The molecule has 5 nitrogen and oxygen atoms in total. The van der Waals surface area contributed by atoms with E-state index < -0.39 is 0 Å². The summed E-state index contributed by atoms with van der Waals surface area (Å²) >= 11 is 0. The molecular formula is C15H23N3O2. The van der Waals surface area contributed by atoms with Gasteiger partial charge in [0.1, 0.15) is 0 Å². The highest BCUT2D eigenvalue weighted by Crippen LogP contribution is 2.17. The first kappa shape index (κ1) is 14.8. The molecule has 0 aliphatic carbocycles. The van der Waals surface area contributed by atoms with Gasteiger partial charge in [-0.3, -0.25) is 0 Å². The molecule has 2 atom stereocenters. The van der Waals surface area contributed by atoms with E-state index in [0.29, 0.717) is 19.7 Å². The lowest BCUT2D eigenvalue weighted by atomic mass is 10.1. The van der Waals surface area contributed by atoms with Gasteiger partial charge in [-0.05, 0) is 31.0 Å². The zero-order valence-electron chi connectivity index (χ0n) is 12.1. The zero-order chi connectivity index (χ0) is 14.5. The summed E-state index contributed by atoms with van der Waals surface area (Å²) < 4.78 is 5.57. The van der Waals surface area contributed by atoms with Crippen molar-refractivity contribution >= 4 is 11.7 Å². The summed E-state index contributed by atoms with van der Waals surface area (Å²) in [5, 5.41) is 2.93. The van der Waals surface area contributed by atoms with Crippen LogP contribution in [0.2, 0.25) is 0 Å². The molecule has 5 heteroatoms. The molecule has 0 radical (unpaired) electrons.